The lowest BCUT2D eigenvalue weighted by molar-refractivity contribution is -0.161. The highest BCUT2D eigenvalue weighted by Gasteiger charge is 2.23. The minimum absolute atomic E-state index is 0.221. The van der Waals surface area contributed by atoms with Crippen LogP contribution in [-0.4, -0.2) is 41.0 Å². The van der Waals surface area contributed by atoms with Crippen LogP contribution in [0.3, 0.4) is 0 Å². The van der Waals surface area contributed by atoms with Gasteiger partial charge in [0.2, 0.25) is 0 Å². The second-order valence-electron chi connectivity index (χ2n) is 16.1. The Hall–Kier alpha value is -0.950. The van der Waals surface area contributed by atoms with Crippen molar-refractivity contribution in [2.75, 3.05) is 13.2 Å². The fourth-order valence-electron chi connectivity index (χ4n) is 7.14. The van der Waals surface area contributed by atoms with Gasteiger partial charge in [0.25, 0.3) is 0 Å². The van der Waals surface area contributed by atoms with E-state index in [-0.39, 0.29) is 19.4 Å². The van der Waals surface area contributed by atoms with E-state index in [1.807, 2.05) is 0 Å². The molecule has 0 aromatic rings. The predicted molar refractivity (Wildman–Crippen MR) is 226 cm³/mol. The van der Waals surface area contributed by atoms with Crippen LogP contribution in [-0.2, 0) is 28.2 Å². The number of phosphoric acid groups is 1. The van der Waals surface area contributed by atoms with Gasteiger partial charge in [-0.2, -0.15) is 0 Å². The van der Waals surface area contributed by atoms with Gasteiger partial charge < -0.3 is 19.3 Å². The smallest absolute Gasteiger partial charge is 0.462 e. The number of carbonyl (C=O) groups is 2. The van der Waals surface area contributed by atoms with Crippen LogP contribution in [0.1, 0.15) is 258 Å². The van der Waals surface area contributed by atoms with Crippen molar-refractivity contribution in [3.63, 3.8) is 0 Å². The highest BCUT2D eigenvalue weighted by atomic mass is 31.2. The molecule has 0 aliphatic rings. The first-order chi connectivity index (χ1) is 26.3. The summed E-state index contributed by atoms with van der Waals surface area (Å²) in [6, 6.07) is 0. The van der Waals surface area contributed by atoms with Crippen LogP contribution in [0.4, 0.5) is 0 Å². The normalized spacial score (nSPS) is 12.3. The van der Waals surface area contributed by atoms with E-state index in [2.05, 4.69) is 18.4 Å². The molecule has 0 saturated carbocycles. The quantitative estimate of drug-likeness (QED) is 0.0356. The lowest BCUT2D eigenvalue weighted by Gasteiger charge is -2.18. The highest BCUT2D eigenvalue weighted by Crippen LogP contribution is 2.36. The van der Waals surface area contributed by atoms with Crippen LogP contribution in [0.2, 0.25) is 0 Å². The van der Waals surface area contributed by atoms with Gasteiger partial charge in [0.15, 0.2) is 6.10 Å². The summed E-state index contributed by atoms with van der Waals surface area (Å²) >= 11 is 0. The van der Waals surface area contributed by atoms with Gasteiger partial charge in [-0.25, -0.2) is 4.57 Å². The van der Waals surface area contributed by atoms with Crippen molar-refractivity contribution in [2.24, 2.45) is 0 Å². The molecule has 8 nitrogen and oxygen atoms in total. The van der Waals surface area contributed by atoms with Crippen molar-refractivity contribution < 1.29 is 37.9 Å². The fourth-order valence-corrected chi connectivity index (χ4v) is 7.50. The molecule has 0 bridgehead atoms. The Morgan fingerprint density at radius 2 is 0.667 bits per heavy atom. The third-order valence-corrected chi connectivity index (χ3v) is 11.1. The predicted octanol–water partition coefficient (Wildman–Crippen LogP) is 14.4. The molecule has 0 radical (unpaired) electrons. The number of rotatable bonds is 44. The average molecular weight is 789 g/mol. The van der Waals surface area contributed by atoms with Gasteiger partial charge >= 0.3 is 19.8 Å². The summed E-state index contributed by atoms with van der Waals surface area (Å²) in [5.74, 6) is -0.863. The van der Waals surface area contributed by atoms with Gasteiger partial charge in [-0.15, -0.1) is 0 Å². The Labute approximate surface area is 334 Å². The Morgan fingerprint density at radius 1 is 0.407 bits per heavy atom. The molecule has 1 atom stereocenters. The summed E-state index contributed by atoms with van der Waals surface area (Å²) in [7, 11) is -4.75. The molecular formula is C45H89O8P. The summed E-state index contributed by atoms with van der Waals surface area (Å²) in [5.41, 5.74) is 0. The number of ether oxygens (including phenoxy) is 2. The molecule has 0 aliphatic heterocycles. The minimum atomic E-state index is -4.75. The number of phosphoric ester groups is 1. The molecule has 0 saturated heterocycles. The van der Waals surface area contributed by atoms with Crippen LogP contribution in [0.15, 0.2) is 0 Å². The molecule has 322 valence electrons. The Bertz CT molecular complexity index is 848. The highest BCUT2D eigenvalue weighted by molar-refractivity contribution is 7.46. The Balaban J connectivity index is 3.80. The number of hydrogen-bond donors (Lipinski definition) is 2. The van der Waals surface area contributed by atoms with Crippen LogP contribution >= 0.6 is 7.82 Å². The first-order valence-electron chi connectivity index (χ1n) is 23.3. The van der Waals surface area contributed by atoms with Gasteiger partial charge in [-0.3, -0.25) is 14.1 Å². The molecule has 0 amide bonds. The van der Waals surface area contributed by atoms with E-state index in [4.69, 9.17) is 19.3 Å². The van der Waals surface area contributed by atoms with Crippen molar-refractivity contribution in [2.45, 2.75) is 264 Å². The first-order valence-corrected chi connectivity index (χ1v) is 24.9. The maximum absolute atomic E-state index is 12.4. The maximum Gasteiger partial charge on any atom is 0.469 e. The van der Waals surface area contributed by atoms with E-state index in [1.54, 1.807) is 0 Å². The van der Waals surface area contributed by atoms with Crippen LogP contribution in [0, 0.1) is 0 Å². The third kappa shape index (κ3) is 43.8. The maximum atomic E-state index is 12.4. The number of carbonyl (C=O) groups excluding carboxylic acids is 2. The molecule has 0 rings (SSSR count). The van der Waals surface area contributed by atoms with Gasteiger partial charge in [-0.1, -0.05) is 232 Å². The molecular weight excluding hydrogens is 699 g/mol. The molecule has 0 aromatic heterocycles. The number of esters is 2. The molecule has 2 N–H and O–H groups in total. The van der Waals surface area contributed by atoms with Gasteiger partial charge in [-0.05, 0) is 12.8 Å². The SMILES string of the molecule is CCCCCCCCCCCCCCCCCCCCCC(=O)OC(COC(=O)CCCCCCCCCCCCCCCCCCC)COP(=O)(O)O. The zero-order valence-corrected chi connectivity index (χ0v) is 36.5. The van der Waals surface area contributed by atoms with E-state index in [0.717, 1.165) is 32.1 Å². The van der Waals surface area contributed by atoms with E-state index in [1.165, 1.54) is 193 Å². The second kappa shape index (κ2) is 41.7. The van der Waals surface area contributed by atoms with E-state index >= 15 is 0 Å². The molecule has 0 aliphatic carbocycles. The van der Waals surface area contributed by atoms with Crippen molar-refractivity contribution >= 4 is 19.8 Å². The van der Waals surface area contributed by atoms with E-state index in [9.17, 15) is 14.2 Å². The first kappa shape index (κ1) is 53.0. The molecule has 0 spiro atoms. The van der Waals surface area contributed by atoms with Crippen molar-refractivity contribution in [1.29, 1.82) is 0 Å². The summed E-state index contributed by atoms with van der Waals surface area (Å²) < 4.78 is 26.5. The monoisotopic (exact) mass is 789 g/mol. The largest absolute Gasteiger partial charge is 0.469 e. The fraction of sp³-hybridized carbons (Fsp3) is 0.956. The summed E-state index contributed by atoms with van der Waals surface area (Å²) in [6.45, 7) is 3.74. The van der Waals surface area contributed by atoms with Gasteiger partial charge in [0, 0.05) is 12.8 Å². The zero-order valence-electron chi connectivity index (χ0n) is 35.7. The van der Waals surface area contributed by atoms with Crippen LogP contribution < -0.4 is 0 Å². The molecule has 0 fully saturated rings. The molecule has 1 unspecified atom stereocenters. The van der Waals surface area contributed by atoms with Crippen molar-refractivity contribution in [1.82, 2.24) is 0 Å². The molecule has 0 heterocycles. The standard InChI is InChI=1S/C45H89O8P/c1-3-5-7-9-11-13-15-17-19-21-22-24-26-28-30-32-34-36-38-40-45(47)53-43(42-52-54(48,49)50)41-51-44(46)39-37-35-33-31-29-27-25-23-20-18-16-14-12-10-8-6-4-2/h43H,3-42H2,1-2H3,(H2,48,49,50). The third-order valence-electron chi connectivity index (χ3n) is 10.6. The van der Waals surface area contributed by atoms with Crippen molar-refractivity contribution in [3.8, 4) is 0 Å². The second-order valence-corrected chi connectivity index (χ2v) is 17.3. The van der Waals surface area contributed by atoms with E-state index in [0.29, 0.717) is 6.42 Å². The summed E-state index contributed by atoms with van der Waals surface area (Å²) in [6.07, 6.45) is 45.4. The summed E-state index contributed by atoms with van der Waals surface area (Å²) in [5, 5.41) is 0. The molecule has 54 heavy (non-hydrogen) atoms. The van der Waals surface area contributed by atoms with Crippen LogP contribution in [0.25, 0.3) is 0 Å². The lowest BCUT2D eigenvalue weighted by atomic mass is 10.0. The molecule has 9 heteroatoms. The average Bonchev–Trinajstić information content (AvgIpc) is 3.14. The summed E-state index contributed by atoms with van der Waals surface area (Å²) in [4.78, 5) is 43.0. The molecule has 0 aromatic carbocycles. The lowest BCUT2D eigenvalue weighted by Crippen LogP contribution is -2.29. The zero-order chi connectivity index (χ0) is 39.6. The Kier molecular flexibility index (Phi) is 40.9. The Morgan fingerprint density at radius 3 is 0.944 bits per heavy atom. The van der Waals surface area contributed by atoms with Gasteiger partial charge in [0.05, 0.1) is 6.61 Å². The number of unbranched alkanes of at least 4 members (excludes halogenated alkanes) is 34. The van der Waals surface area contributed by atoms with Gasteiger partial charge in [0.1, 0.15) is 6.61 Å². The van der Waals surface area contributed by atoms with Crippen molar-refractivity contribution in [3.05, 3.63) is 0 Å². The minimum Gasteiger partial charge on any atom is -0.462 e. The van der Waals surface area contributed by atoms with Crippen LogP contribution in [0.5, 0.6) is 0 Å². The number of hydrogen-bond acceptors (Lipinski definition) is 6. The topological polar surface area (TPSA) is 119 Å². The van der Waals surface area contributed by atoms with E-state index < -0.39 is 32.5 Å².